The maximum absolute atomic E-state index is 12.9. The molecule has 3 fully saturated rings. The molecule has 15 nitrogen and oxygen atoms in total. The molecular weight excluding hydrogens is 847 g/mol. The lowest BCUT2D eigenvalue weighted by molar-refractivity contribution is -0.143. The summed E-state index contributed by atoms with van der Waals surface area (Å²) in [5.41, 5.74) is 6.03. The number of oxazole rings is 2. The number of thiophene rings is 1. The van der Waals surface area contributed by atoms with Gasteiger partial charge < -0.3 is 38.9 Å². The summed E-state index contributed by atoms with van der Waals surface area (Å²) in [5.74, 6) is 1.04. The zero-order valence-electron chi connectivity index (χ0n) is 36.1. The van der Waals surface area contributed by atoms with Crippen LogP contribution >= 0.6 is 11.3 Å². The second-order valence-electron chi connectivity index (χ2n) is 16.3. The lowest BCUT2D eigenvalue weighted by atomic mass is 9.90. The lowest BCUT2D eigenvalue weighted by Gasteiger charge is -2.44. The minimum atomic E-state index is -0.196. The maximum Gasteiger partial charge on any atom is 0.275 e. The Morgan fingerprint density at radius 1 is 0.646 bits per heavy atom. The monoisotopic (exact) mass is 897 g/mol. The molecule has 3 aromatic carbocycles. The Labute approximate surface area is 380 Å². The third-order valence-corrected chi connectivity index (χ3v) is 12.4. The number of amides is 5. The van der Waals surface area contributed by atoms with E-state index < -0.39 is 0 Å². The van der Waals surface area contributed by atoms with Crippen molar-refractivity contribution >= 4 is 40.9 Å². The molecule has 65 heavy (non-hydrogen) atoms. The molecule has 3 aliphatic heterocycles. The van der Waals surface area contributed by atoms with Crippen LogP contribution in [-0.4, -0.2) is 106 Å². The summed E-state index contributed by atoms with van der Waals surface area (Å²) in [6.07, 6.45) is 5.41. The van der Waals surface area contributed by atoms with E-state index in [2.05, 4.69) is 20.6 Å². The number of benzene rings is 3. The van der Waals surface area contributed by atoms with Gasteiger partial charge in [0.05, 0.1) is 25.6 Å². The van der Waals surface area contributed by atoms with Gasteiger partial charge >= 0.3 is 0 Å². The Bertz CT molecular complexity index is 2560. The first-order valence-electron chi connectivity index (χ1n) is 21.8. The highest BCUT2D eigenvalue weighted by atomic mass is 32.1. The molecule has 6 heterocycles. The van der Waals surface area contributed by atoms with Gasteiger partial charge in [-0.2, -0.15) is 11.3 Å². The first-order chi connectivity index (χ1) is 31.6. The largest absolute Gasteiger partial charge is 0.444 e. The molecule has 3 saturated heterocycles. The number of carbonyl (C=O) groups is 5. The number of aromatic nitrogens is 2. The Kier molecular flexibility index (Phi) is 14.6. The fourth-order valence-electron chi connectivity index (χ4n) is 7.84. The summed E-state index contributed by atoms with van der Waals surface area (Å²) >= 11 is 1.59. The van der Waals surface area contributed by atoms with Crippen molar-refractivity contribution in [2.24, 2.45) is 5.92 Å². The van der Waals surface area contributed by atoms with Crippen molar-refractivity contribution < 1.29 is 37.5 Å². The van der Waals surface area contributed by atoms with Crippen molar-refractivity contribution in [3.63, 3.8) is 0 Å². The predicted octanol–water partition coefficient (Wildman–Crippen LogP) is 6.02. The summed E-state index contributed by atoms with van der Waals surface area (Å²) in [6, 6.07) is 26.7. The third kappa shape index (κ3) is 11.8. The predicted molar refractivity (Wildman–Crippen MR) is 242 cm³/mol. The average Bonchev–Trinajstić information content (AvgIpc) is 4.10. The Morgan fingerprint density at radius 3 is 1.75 bits per heavy atom. The molecule has 336 valence electrons. The molecule has 0 saturated carbocycles. The molecule has 5 amide bonds. The smallest absolute Gasteiger partial charge is 0.275 e. The van der Waals surface area contributed by atoms with Crippen LogP contribution in [0.2, 0.25) is 0 Å². The lowest BCUT2D eigenvalue weighted by Crippen LogP contribution is -2.54. The number of hydrogen-bond acceptors (Lipinski definition) is 11. The minimum Gasteiger partial charge on any atom is -0.444 e. The van der Waals surface area contributed by atoms with E-state index in [0.717, 1.165) is 59.4 Å². The number of rotatable bonds is 12. The highest BCUT2D eigenvalue weighted by molar-refractivity contribution is 7.08. The summed E-state index contributed by atoms with van der Waals surface area (Å²) < 4.78 is 16.7. The summed E-state index contributed by atoms with van der Waals surface area (Å²) in [6.45, 7) is 6.83. The Morgan fingerprint density at radius 2 is 1.22 bits per heavy atom. The molecule has 0 bridgehead atoms. The standard InChI is InChI=1S/C26H28N4O4.C23H23N3O4S/c1-19(31)29-12-5-13-30(15-14-29)26(33)23-18-34-25(28-23)22-10-8-21(9-11-22)17-27-24(32)16-20-6-3-2-4-7-20;27-21(9-16-6-8-31-14-16)24-10-15-1-3-17(4-2-15)22-25-19(13-30-22)23(28)26-7-5-18-12-29-20(18)11-26/h2-4,6-11,18H,5,12-17H2,1H3,(H,27,32);1-4,6,8,13-14,18,20H,5,7,9-12H2,(H,24,27). The first kappa shape index (κ1) is 44.7. The molecule has 6 aromatic rings. The first-order valence-corrected chi connectivity index (χ1v) is 22.7. The second kappa shape index (κ2) is 21.2. The van der Waals surface area contributed by atoms with Crippen molar-refractivity contribution in [3.05, 3.63) is 142 Å². The van der Waals surface area contributed by atoms with E-state index >= 15 is 0 Å². The van der Waals surface area contributed by atoms with Gasteiger partial charge in [-0.1, -0.05) is 54.6 Å². The van der Waals surface area contributed by atoms with E-state index in [-0.39, 0.29) is 41.3 Å². The van der Waals surface area contributed by atoms with Crippen LogP contribution in [0, 0.1) is 5.92 Å². The van der Waals surface area contributed by atoms with Gasteiger partial charge in [-0.15, -0.1) is 0 Å². The Balaban J connectivity index is 0.000000178. The van der Waals surface area contributed by atoms with Crippen LogP contribution in [0.25, 0.3) is 22.9 Å². The number of piperidine rings is 1. The number of fused-ring (bicyclic) bond motifs is 1. The molecule has 2 atom stereocenters. The number of ether oxygens (including phenoxy) is 1. The van der Waals surface area contributed by atoms with Gasteiger partial charge in [0.1, 0.15) is 12.5 Å². The van der Waals surface area contributed by atoms with Crippen LogP contribution in [0.1, 0.15) is 63.0 Å². The highest BCUT2D eigenvalue weighted by Crippen LogP contribution is 2.30. The normalized spacial score (nSPS) is 16.8. The summed E-state index contributed by atoms with van der Waals surface area (Å²) in [4.78, 5) is 75.5. The van der Waals surface area contributed by atoms with E-state index in [4.69, 9.17) is 13.6 Å². The van der Waals surface area contributed by atoms with E-state index in [1.165, 1.54) is 12.5 Å². The highest BCUT2D eigenvalue weighted by Gasteiger charge is 2.39. The average molecular weight is 898 g/mol. The minimum absolute atomic E-state index is 0.00494. The summed E-state index contributed by atoms with van der Waals surface area (Å²) in [7, 11) is 0. The third-order valence-electron chi connectivity index (χ3n) is 11.7. The molecule has 0 aliphatic carbocycles. The van der Waals surface area contributed by atoms with Crippen LogP contribution in [0.3, 0.4) is 0 Å². The molecule has 0 spiro atoms. The number of likely N-dealkylation sites (tertiary alicyclic amines) is 1. The van der Waals surface area contributed by atoms with Crippen LogP contribution in [0.4, 0.5) is 0 Å². The van der Waals surface area contributed by atoms with E-state index in [0.29, 0.717) is 82.0 Å². The van der Waals surface area contributed by atoms with Crippen molar-refractivity contribution in [2.45, 2.75) is 51.8 Å². The van der Waals surface area contributed by atoms with Crippen LogP contribution in [0.15, 0.2) is 117 Å². The fraction of sp³-hybridized carbons (Fsp3) is 0.327. The number of hydrogen-bond donors (Lipinski definition) is 2. The molecule has 3 aliphatic rings. The SMILES string of the molecule is CC(=O)N1CCCN(C(=O)c2coc(-c3ccc(CNC(=O)Cc4ccccc4)cc3)n2)CC1.O=C(Cc1ccsc1)NCc1ccc(-c2nc(C(=O)N3CCC4COC4C3)co2)cc1. The zero-order chi connectivity index (χ0) is 45.1. The van der Waals surface area contributed by atoms with Crippen LogP contribution < -0.4 is 10.6 Å². The van der Waals surface area contributed by atoms with Gasteiger partial charge in [-0.25, -0.2) is 9.97 Å². The number of nitrogens with one attached hydrogen (secondary N) is 2. The summed E-state index contributed by atoms with van der Waals surface area (Å²) in [5, 5.41) is 9.80. The van der Waals surface area contributed by atoms with Crippen molar-refractivity contribution in [3.8, 4) is 22.9 Å². The maximum atomic E-state index is 12.9. The van der Waals surface area contributed by atoms with Crippen molar-refractivity contribution in [1.82, 2.24) is 35.3 Å². The zero-order valence-corrected chi connectivity index (χ0v) is 37.0. The van der Waals surface area contributed by atoms with Crippen molar-refractivity contribution in [2.75, 3.05) is 45.9 Å². The molecular formula is C49H51N7O8S. The molecule has 16 heteroatoms. The van der Waals surface area contributed by atoms with Gasteiger partial charge in [0.2, 0.25) is 29.5 Å². The quantitative estimate of drug-likeness (QED) is 0.148. The number of carbonyl (C=O) groups excluding carboxylic acids is 5. The fourth-order valence-corrected chi connectivity index (χ4v) is 8.51. The van der Waals surface area contributed by atoms with E-state index in [1.54, 1.807) is 33.0 Å². The molecule has 2 N–H and O–H groups in total. The van der Waals surface area contributed by atoms with Crippen LogP contribution in [-0.2, 0) is 45.1 Å². The van der Waals surface area contributed by atoms with Gasteiger partial charge in [-0.3, -0.25) is 24.0 Å². The Hall–Kier alpha value is -6.91. The molecule has 9 rings (SSSR count). The van der Waals surface area contributed by atoms with Gasteiger partial charge in [0.25, 0.3) is 11.8 Å². The van der Waals surface area contributed by atoms with Crippen LogP contribution in [0.5, 0.6) is 0 Å². The van der Waals surface area contributed by atoms with Gasteiger partial charge in [-0.05, 0) is 76.2 Å². The van der Waals surface area contributed by atoms with E-state index in [1.807, 2.05) is 95.7 Å². The molecule has 2 unspecified atom stereocenters. The molecule has 0 radical (unpaired) electrons. The van der Waals surface area contributed by atoms with Gasteiger partial charge in [0.15, 0.2) is 11.4 Å². The topological polar surface area (TPSA) is 180 Å². The molecule has 3 aromatic heterocycles. The second-order valence-corrected chi connectivity index (χ2v) is 17.1. The van der Waals surface area contributed by atoms with E-state index in [9.17, 15) is 24.0 Å². The van der Waals surface area contributed by atoms with Crippen molar-refractivity contribution in [1.29, 1.82) is 0 Å². The van der Waals surface area contributed by atoms with Gasteiger partial charge in [0, 0.05) is 76.3 Å². The number of nitrogens with zero attached hydrogens (tertiary/aromatic N) is 5.